The van der Waals surface area contributed by atoms with Gasteiger partial charge in [-0.15, -0.1) is 0 Å². The lowest BCUT2D eigenvalue weighted by Crippen LogP contribution is -2.23. The molecule has 1 fully saturated rings. The van der Waals surface area contributed by atoms with Gasteiger partial charge < -0.3 is 5.11 Å². The summed E-state index contributed by atoms with van der Waals surface area (Å²) in [4.78, 5) is 0. The number of hydrogen-bond acceptors (Lipinski definition) is 2. The number of aliphatic hydroxyl groups is 1. The highest BCUT2D eigenvalue weighted by molar-refractivity contribution is 7.99. The Kier molecular flexibility index (Phi) is 3.82. The maximum absolute atomic E-state index is 13.3. The second-order valence-electron chi connectivity index (χ2n) is 4.13. The largest absolute Gasteiger partial charge is 0.392 e. The van der Waals surface area contributed by atoms with Gasteiger partial charge in [0.2, 0.25) is 0 Å². The fourth-order valence-electron chi connectivity index (χ4n) is 1.95. The van der Waals surface area contributed by atoms with E-state index in [1.165, 1.54) is 6.07 Å². The van der Waals surface area contributed by atoms with Crippen LogP contribution in [0.25, 0.3) is 0 Å². The lowest BCUT2D eigenvalue weighted by molar-refractivity contribution is 0.119. The number of rotatable bonds is 3. The van der Waals surface area contributed by atoms with E-state index in [2.05, 4.69) is 0 Å². The minimum Gasteiger partial charge on any atom is -0.392 e. The Balaban J connectivity index is 2.04. The molecule has 1 saturated heterocycles. The van der Waals surface area contributed by atoms with Crippen molar-refractivity contribution in [2.75, 3.05) is 11.5 Å². The normalized spacial score (nSPS) is 22.3. The average Bonchev–Trinajstić information content (AvgIpc) is 2.76. The van der Waals surface area contributed by atoms with Crippen LogP contribution in [0, 0.1) is 17.6 Å². The molecule has 1 heterocycles. The number of benzene rings is 1. The number of aliphatic hydroxyl groups excluding tert-OH is 1. The monoisotopic (exact) mass is 244 g/mol. The van der Waals surface area contributed by atoms with Gasteiger partial charge in [0.1, 0.15) is 11.6 Å². The Morgan fingerprint density at radius 3 is 2.94 bits per heavy atom. The molecule has 1 nitrogen and oxygen atoms in total. The van der Waals surface area contributed by atoms with E-state index >= 15 is 0 Å². The maximum Gasteiger partial charge on any atom is 0.126 e. The minimum atomic E-state index is -0.564. The van der Waals surface area contributed by atoms with Gasteiger partial charge in [-0.25, -0.2) is 8.78 Å². The zero-order chi connectivity index (χ0) is 11.5. The van der Waals surface area contributed by atoms with Crippen LogP contribution in [0.1, 0.15) is 12.0 Å². The van der Waals surface area contributed by atoms with Crippen molar-refractivity contribution >= 4 is 11.8 Å². The van der Waals surface area contributed by atoms with Gasteiger partial charge in [-0.3, -0.25) is 0 Å². The van der Waals surface area contributed by atoms with Crippen LogP contribution < -0.4 is 0 Å². The molecule has 1 aromatic rings. The quantitative estimate of drug-likeness (QED) is 0.882. The molecule has 0 amide bonds. The summed E-state index contributed by atoms with van der Waals surface area (Å²) in [6.45, 7) is 0. The van der Waals surface area contributed by atoms with E-state index in [9.17, 15) is 13.9 Å². The molecule has 0 aromatic heterocycles. The first-order chi connectivity index (χ1) is 7.66. The van der Waals surface area contributed by atoms with Gasteiger partial charge in [0.25, 0.3) is 0 Å². The molecule has 16 heavy (non-hydrogen) atoms. The molecule has 4 heteroatoms. The highest BCUT2D eigenvalue weighted by Crippen LogP contribution is 2.28. The van der Waals surface area contributed by atoms with Crippen LogP contribution in [0.4, 0.5) is 8.78 Å². The van der Waals surface area contributed by atoms with Crippen molar-refractivity contribution in [3.63, 3.8) is 0 Å². The molecular weight excluding hydrogens is 230 g/mol. The second-order valence-corrected chi connectivity index (χ2v) is 5.28. The Morgan fingerprint density at radius 1 is 1.44 bits per heavy atom. The van der Waals surface area contributed by atoms with Gasteiger partial charge in [0, 0.05) is 6.42 Å². The first-order valence-corrected chi connectivity index (χ1v) is 6.52. The molecule has 2 atom stereocenters. The zero-order valence-electron chi connectivity index (χ0n) is 8.83. The molecule has 1 aliphatic heterocycles. The molecule has 1 aliphatic rings. The van der Waals surface area contributed by atoms with E-state index in [4.69, 9.17) is 0 Å². The van der Waals surface area contributed by atoms with Crippen LogP contribution in [0.5, 0.6) is 0 Å². The molecule has 0 bridgehead atoms. The smallest absolute Gasteiger partial charge is 0.126 e. The number of thioether (sulfide) groups is 1. The molecule has 1 N–H and O–H groups in total. The molecule has 1 aromatic carbocycles. The first-order valence-electron chi connectivity index (χ1n) is 5.36. The summed E-state index contributed by atoms with van der Waals surface area (Å²) in [5.41, 5.74) is 0.268. The minimum absolute atomic E-state index is 0.203. The molecule has 0 radical (unpaired) electrons. The van der Waals surface area contributed by atoms with Gasteiger partial charge in [-0.1, -0.05) is 0 Å². The Hall–Kier alpha value is -0.610. The third kappa shape index (κ3) is 2.74. The van der Waals surface area contributed by atoms with Gasteiger partial charge in [0.15, 0.2) is 0 Å². The topological polar surface area (TPSA) is 20.2 Å². The molecule has 88 valence electrons. The van der Waals surface area contributed by atoms with Crippen LogP contribution in [-0.2, 0) is 6.42 Å². The molecule has 2 unspecified atom stereocenters. The predicted octanol–water partition coefficient (Wildman–Crippen LogP) is 2.62. The third-order valence-corrected chi connectivity index (χ3v) is 4.13. The van der Waals surface area contributed by atoms with Crippen molar-refractivity contribution < 1.29 is 13.9 Å². The van der Waals surface area contributed by atoms with E-state index in [1.807, 2.05) is 0 Å². The molecule has 0 saturated carbocycles. The van der Waals surface area contributed by atoms with Crippen molar-refractivity contribution in [1.29, 1.82) is 0 Å². The van der Waals surface area contributed by atoms with Gasteiger partial charge in [-0.2, -0.15) is 11.8 Å². The van der Waals surface area contributed by atoms with Crippen LogP contribution in [-0.4, -0.2) is 22.7 Å². The molecule has 0 aliphatic carbocycles. The van der Waals surface area contributed by atoms with Crippen molar-refractivity contribution in [1.82, 2.24) is 0 Å². The summed E-state index contributed by atoms with van der Waals surface area (Å²) in [5.74, 6) is 1.29. The van der Waals surface area contributed by atoms with Gasteiger partial charge in [0.05, 0.1) is 6.10 Å². The SMILES string of the molecule is OC(Cc1cc(F)ccc1F)C1CCSC1. The van der Waals surface area contributed by atoms with E-state index in [0.29, 0.717) is 0 Å². The highest BCUT2D eigenvalue weighted by Gasteiger charge is 2.24. The fourth-order valence-corrected chi connectivity index (χ4v) is 3.28. The van der Waals surface area contributed by atoms with Gasteiger partial charge >= 0.3 is 0 Å². The fraction of sp³-hybridized carbons (Fsp3) is 0.500. The van der Waals surface area contributed by atoms with E-state index < -0.39 is 17.7 Å². The first kappa shape index (κ1) is 11.9. The van der Waals surface area contributed by atoms with Crippen LogP contribution in [0.3, 0.4) is 0 Å². The summed E-state index contributed by atoms with van der Waals surface area (Å²) in [6.07, 6.45) is 0.601. The van der Waals surface area contributed by atoms with E-state index in [1.54, 1.807) is 11.8 Å². The van der Waals surface area contributed by atoms with E-state index in [0.717, 1.165) is 30.1 Å². The maximum atomic E-state index is 13.3. The standard InChI is InChI=1S/C12H14F2OS/c13-10-1-2-11(14)9(5-10)6-12(15)8-3-4-16-7-8/h1-2,5,8,12,15H,3-4,6-7H2. The summed E-state index contributed by atoms with van der Waals surface area (Å²) in [5, 5.41) is 9.92. The number of halogens is 2. The Bertz CT molecular complexity index is 364. The van der Waals surface area contributed by atoms with Crippen molar-refractivity contribution in [3.8, 4) is 0 Å². The number of hydrogen-bond donors (Lipinski definition) is 1. The molecule has 0 spiro atoms. The highest BCUT2D eigenvalue weighted by atomic mass is 32.2. The second kappa shape index (κ2) is 5.15. The summed E-state index contributed by atoms with van der Waals surface area (Å²) >= 11 is 1.80. The van der Waals surface area contributed by atoms with Gasteiger partial charge in [-0.05, 0) is 47.6 Å². The molecule has 2 rings (SSSR count). The van der Waals surface area contributed by atoms with Crippen LogP contribution >= 0.6 is 11.8 Å². The van der Waals surface area contributed by atoms with Crippen LogP contribution in [0.15, 0.2) is 18.2 Å². The Labute approximate surface area is 97.9 Å². The van der Waals surface area contributed by atoms with Crippen molar-refractivity contribution in [2.45, 2.75) is 18.9 Å². The summed E-state index contributed by atoms with van der Waals surface area (Å²) < 4.78 is 26.3. The average molecular weight is 244 g/mol. The summed E-state index contributed by atoms with van der Waals surface area (Å²) in [6, 6.07) is 3.37. The molecular formula is C12H14F2OS. The van der Waals surface area contributed by atoms with E-state index in [-0.39, 0.29) is 17.9 Å². The summed E-state index contributed by atoms with van der Waals surface area (Å²) in [7, 11) is 0. The lowest BCUT2D eigenvalue weighted by Gasteiger charge is -2.17. The van der Waals surface area contributed by atoms with Crippen molar-refractivity contribution in [3.05, 3.63) is 35.4 Å². The van der Waals surface area contributed by atoms with Crippen LogP contribution in [0.2, 0.25) is 0 Å². The third-order valence-electron chi connectivity index (χ3n) is 2.95. The zero-order valence-corrected chi connectivity index (χ0v) is 9.64. The predicted molar refractivity (Wildman–Crippen MR) is 61.5 cm³/mol. The van der Waals surface area contributed by atoms with Crippen molar-refractivity contribution in [2.24, 2.45) is 5.92 Å². The lowest BCUT2D eigenvalue weighted by atomic mass is 9.95. The Morgan fingerprint density at radius 2 is 2.25 bits per heavy atom.